The Morgan fingerprint density at radius 1 is 1.00 bits per heavy atom. The van der Waals surface area contributed by atoms with Gasteiger partial charge < -0.3 is 10.1 Å². The molecule has 182 valence electrons. The van der Waals surface area contributed by atoms with E-state index in [1.807, 2.05) is 19.9 Å². The number of halogens is 1. The van der Waals surface area contributed by atoms with Crippen molar-refractivity contribution in [2.75, 3.05) is 11.9 Å². The molecule has 0 saturated carbocycles. The van der Waals surface area contributed by atoms with Crippen LogP contribution in [-0.2, 0) is 37.3 Å². The van der Waals surface area contributed by atoms with Crippen LogP contribution >= 0.6 is 0 Å². The summed E-state index contributed by atoms with van der Waals surface area (Å²) in [5, 5.41) is 2.66. The van der Waals surface area contributed by atoms with Gasteiger partial charge in [-0.05, 0) is 60.4 Å². The van der Waals surface area contributed by atoms with Gasteiger partial charge in [0.2, 0.25) is 10.0 Å². The van der Waals surface area contributed by atoms with E-state index in [1.165, 1.54) is 12.1 Å². The van der Waals surface area contributed by atoms with Crippen LogP contribution in [0.5, 0.6) is 0 Å². The third-order valence-corrected chi connectivity index (χ3v) is 7.92. The zero-order valence-corrected chi connectivity index (χ0v) is 20.1. The van der Waals surface area contributed by atoms with Gasteiger partial charge in [0.1, 0.15) is 16.8 Å². The maximum absolute atomic E-state index is 14.4. The van der Waals surface area contributed by atoms with E-state index < -0.39 is 45.3 Å². The monoisotopic (exact) mass is 496 g/mol. The van der Waals surface area contributed by atoms with Gasteiger partial charge in [0.15, 0.2) is 6.61 Å². The Bertz CT molecular complexity index is 1390. The molecule has 1 aliphatic heterocycles. The van der Waals surface area contributed by atoms with E-state index in [-0.39, 0.29) is 13.0 Å². The lowest BCUT2D eigenvalue weighted by molar-refractivity contribution is -0.151. The molecule has 4 rings (SSSR count). The molecule has 0 radical (unpaired) electrons. The predicted octanol–water partition coefficient (Wildman–Crippen LogP) is 3.74. The normalized spacial score (nSPS) is 15.8. The highest BCUT2D eigenvalue weighted by Crippen LogP contribution is 2.30. The minimum Gasteiger partial charge on any atom is -0.454 e. The Morgan fingerprint density at radius 3 is 2.40 bits per heavy atom. The molecule has 0 aliphatic carbocycles. The first-order chi connectivity index (χ1) is 16.7. The number of anilines is 1. The van der Waals surface area contributed by atoms with E-state index in [0.717, 1.165) is 33.1 Å². The fourth-order valence-electron chi connectivity index (χ4n) is 3.98. The van der Waals surface area contributed by atoms with Crippen molar-refractivity contribution in [3.63, 3.8) is 0 Å². The Morgan fingerprint density at radius 2 is 1.69 bits per heavy atom. The summed E-state index contributed by atoms with van der Waals surface area (Å²) >= 11 is 0. The van der Waals surface area contributed by atoms with Crippen molar-refractivity contribution in [3.05, 3.63) is 94.8 Å². The number of aryl methyl sites for hydroxylation is 2. The van der Waals surface area contributed by atoms with Gasteiger partial charge in [0.25, 0.3) is 5.91 Å². The Kier molecular flexibility index (Phi) is 7.00. The van der Waals surface area contributed by atoms with Crippen molar-refractivity contribution >= 4 is 27.6 Å². The van der Waals surface area contributed by atoms with Gasteiger partial charge in [0.05, 0.1) is 0 Å². The minimum atomic E-state index is -4.37. The highest BCUT2D eigenvalue weighted by Gasteiger charge is 2.41. The molecule has 0 fully saturated rings. The van der Waals surface area contributed by atoms with E-state index in [4.69, 9.17) is 4.74 Å². The van der Waals surface area contributed by atoms with E-state index in [9.17, 15) is 22.4 Å². The molecule has 0 unspecified atom stereocenters. The molecule has 3 aromatic rings. The van der Waals surface area contributed by atoms with E-state index in [2.05, 4.69) is 5.32 Å². The molecule has 9 heteroatoms. The van der Waals surface area contributed by atoms with Crippen LogP contribution in [-0.4, -0.2) is 37.2 Å². The summed E-state index contributed by atoms with van der Waals surface area (Å²) in [6.07, 6.45) is 0.0431. The summed E-state index contributed by atoms with van der Waals surface area (Å²) in [5.74, 6) is -2.35. The number of amides is 1. The Balaban J connectivity index is 1.54. The number of fused-ring (bicyclic) bond motifs is 1. The van der Waals surface area contributed by atoms with Gasteiger partial charge in [-0.2, -0.15) is 4.31 Å². The molecule has 0 bridgehead atoms. The zero-order chi connectivity index (χ0) is 25.2. The van der Waals surface area contributed by atoms with Gasteiger partial charge in [-0.15, -0.1) is 0 Å². The number of carbonyl (C=O) groups is 2. The van der Waals surface area contributed by atoms with Crippen LogP contribution in [0.1, 0.15) is 22.3 Å². The fraction of sp³-hybridized carbons (Fsp3) is 0.231. The van der Waals surface area contributed by atoms with Gasteiger partial charge in [-0.25, -0.2) is 12.8 Å². The summed E-state index contributed by atoms with van der Waals surface area (Å²) in [4.78, 5) is 24.9. The molecule has 0 saturated heterocycles. The second-order valence-corrected chi connectivity index (χ2v) is 10.3. The molecule has 1 amide bonds. The summed E-state index contributed by atoms with van der Waals surface area (Å²) < 4.78 is 47.3. The van der Waals surface area contributed by atoms with E-state index in [1.54, 1.807) is 36.4 Å². The van der Waals surface area contributed by atoms with Crippen molar-refractivity contribution in [1.82, 2.24) is 4.31 Å². The molecule has 0 aromatic heterocycles. The number of hydrogen-bond acceptors (Lipinski definition) is 5. The zero-order valence-electron chi connectivity index (χ0n) is 19.3. The first-order valence-electron chi connectivity index (χ1n) is 11.0. The number of benzene rings is 3. The number of ether oxygens (including phenoxy) is 1. The molecule has 1 atom stereocenters. The smallest absolute Gasteiger partial charge is 0.325 e. The quantitative estimate of drug-likeness (QED) is 0.525. The van der Waals surface area contributed by atoms with E-state index in [0.29, 0.717) is 11.3 Å². The largest absolute Gasteiger partial charge is 0.454 e. The predicted molar refractivity (Wildman–Crippen MR) is 129 cm³/mol. The van der Waals surface area contributed by atoms with Crippen LogP contribution < -0.4 is 5.32 Å². The molecule has 1 N–H and O–H groups in total. The highest BCUT2D eigenvalue weighted by atomic mass is 32.2. The third kappa shape index (κ3) is 5.26. The molecule has 1 heterocycles. The van der Waals surface area contributed by atoms with Gasteiger partial charge in [-0.3, -0.25) is 9.59 Å². The maximum Gasteiger partial charge on any atom is 0.325 e. The van der Waals surface area contributed by atoms with Gasteiger partial charge >= 0.3 is 5.97 Å². The maximum atomic E-state index is 14.4. The standard InChI is InChI=1S/C26H25FN2O5S/c1-17-11-12-21(13-18(17)2)28-25(30)16-34-26(31)23-14-19-7-3-4-8-20(19)15-29(23)35(32,33)24-10-6-5-9-22(24)27/h3-13,23H,14-16H2,1-2H3,(H,28,30)/t23-/m1/s1. The average molecular weight is 497 g/mol. The first kappa shape index (κ1) is 24.6. The molecule has 3 aromatic carbocycles. The minimum absolute atomic E-state index is 0.0431. The van der Waals surface area contributed by atoms with Crippen LogP contribution in [0.4, 0.5) is 10.1 Å². The average Bonchev–Trinajstić information content (AvgIpc) is 2.84. The number of esters is 1. The van der Waals surface area contributed by atoms with Crippen LogP contribution in [0.3, 0.4) is 0 Å². The number of sulfonamides is 1. The van der Waals surface area contributed by atoms with Crippen LogP contribution in [0.2, 0.25) is 0 Å². The van der Waals surface area contributed by atoms with Crippen LogP contribution in [0.15, 0.2) is 71.6 Å². The molecule has 1 aliphatic rings. The topological polar surface area (TPSA) is 92.8 Å². The summed E-state index contributed by atoms with van der Waals surface area (Å²) in [7, 11) is -4.37. The Hall–Kier alpha value is -3.56. The second kappa shape index (κ2) is 9.97. The van der Waals surface area contributed by atoms with Crippen LogP contribution in [0, 0.1) is 19.7 Å². The Labute approximate surface area is 203 Å². The number of nitrogens with zero attached hydrogens (tertiary/aromatic N) is 1. The fourth-order valence-corrected chi connectivity index (χ4v) is 5.60. The lowest BCUT2D eigenvalue weighted by Gasteiger charge is -2.34. The SMILES string of the molecule is Cc1ccc(NC(=O)COC(=O)[C@H]2Cc3ccccc3CN2S(=O)(=O)c2ccccc2F)cc1C. The van der Waals surface area contributed by atoms with Crippen molar-refractivity contribution in [1.29, 1.82) is 0 Å². The highest BCUT2D eigenvalue weighted by molar-refractivity contribution is 7.89. The first-order valence-corrected chi connectivity index (χ1v) is 12.5. The molecule has 7 nitrogen and oxygen atoms in total. The number of nitrogens with one attached hydrogen (secondary N) is 1. The summed E-state index contributed by atoms with van der Waals surface area (Å²) in [6.45, 7) is 3.15. The van der Waals surface area contributed by atoms with Crippen molar-refractivity contribution in [2.24, 2.45) is 0 Å². The molecule has 35 heavy (non-hydrogen) atoms. The lowest BCUT2D eigenvalue weighted by Crippen LogP contribution is -2.49. The number of hydrogen-bond donors (Lipinski definition) is 1. The van der Waals surface area contributed by atoms with Gasteiger partial charge in [0, 0.05) is 18.7 Å². The van der Waals surface area contributed by atoms with Crippen molar-refractivity contribution in [2.45, 2.75) is 37.8 Å². The second-order valence-electron chi connectivity index (χ2n) is 8.42. The molecular weight excluding hydrogens is 471 g/mol. The van der Waals surface area contributed by atoms with Crippen molar-refractivity contribution < 1.29 is 27.1 Å². The molecular formula is C26H25FN2O5S. The lowest BCUT2D eigenvalue weighted by atomic mass is 9.96. The molecule has 0 spiro atoms. The summed E-state index contributed by atoms with van der Waals surface area (Å²) in [5.41, 5.74) is 4.13. The summed E-state index contributed by atoms with van der Waals surface area (Å²) in [6, 6.07) is 16.3. The van der Waals surface area contributed by atoms with Crippen molar-refractivity contribution in [3.8, 4) is 0 Å². The number of rotatable bonds is 6. The van der Waals surface area contributed by atoms with Crippen LogP contribution in [0.25, 0.3) is 0 Å². The van der Waals surface area contributed by atoms with E-state index >= 15 is 0 Å². The third-order valence-electron chi connectivity index (χ3n) is 6.04. The number of carbonyl (C=O) groups excluding carboxylic acids is 2. The van der Waals surface area contributed by atoms with Gasteiger partial charge in [-0.1, -0.05) is 42.5 Å².